The van der Waals surface area contributed by atoms with Gasteiger partial charge in [-0.3, -0.25) is 4.79 Å². The molecule has 1 aromatic rings. The van der Waals surface area contributed by atoms with E-state index in [2.05, 4.69) is 29.7 Å². The first-order valence-electron chi connectivity index (χ1n) is 6.90. The van der Waals surface area contributed by atoms with Crippen LogP contribution in [0.1, 0.15) is 38.2 Å². The largest absolute Gasteiger partial charge is 0.326 e. The Labute approximate surface area is 109 Å². The van der Waals surface area contributed by atoms with E-state index in [-0.39, 0.29) is 11.8 Å². The standard InChI is InChI=1S/C15H22N2O/c1-2-10-16-11-12-6-8-14(9-7-12)17-15(18)13-4-3-5-13/h6-9,13,16H,2-5,10-11H2,1H3,(H,17,18). The van der Waals surface area contributed by atoms with Crippen LogP contribution in [-0.4, -0.2) is 12.5 Å². The van der Waals surface area contributed by atoms with Crippen LogP contribution in [0.3, 0.4) is 0 Å². The van der Waals surface area contributed by atoms with Gasteiger partial charge in [0.25, 0.3) is 0 Å². The number of anilines is 1. The van der Waals surface area contributed by atoms with Crippen LogP contribution in [0.2, 0.25) is 0 Å². The molecule has 0 radical (unpaired) electrons. The highest BCUT2D eigenvalue weighted by Gasteiger charge is 2.24. The molecule has 18 heavy (non-hydrogen) atoms. The number of hydrogen-bond acceptors (Lipinski definition) is 2. The van der Waals surface area contributed by atoms with E-state index >= 15 is 0 Å². The van der Waals surface area contributed by atoms with Gasteiger partial charge in [0, 0.05) is 18.2 Å². The van der Waals surface area contributed by atoms with Crippen LogP contribution in [0.5, 0.6) is 0 Å². The summed E-state index contributed by atoms with van der Waals surface area (Å²) in [5.74, 6) is 0.425. The summed E-state index contributed by atoms with van der Waals surface area (Å²) >= 11 is 0. The van der Waals surface area contributed by atoms with E-state index in [4.69, 9.17) is 0 Å². The zero-order valence-electron chi connectivity index (χ0n) is 11.0. The highest BCUT2D eigenvalue weighted by molar-refractivity contribution is 5.92. The molecular formula is C15H22N2O. The Hall–Kier alpha value is -1.35. The summed E-state index contributed by atoms with van der Waals surface area (Å²) in [7, 11) is 0. The zero-order chi connectivity index (χ0) is 12.8. The first-order valence-corrected chi connectivity index (χ1v) is 6.90. The van der Waals surface area contributed by atoms with E-state index in [0.29, 0.717) is 0 Å². The molecular weight excluding hydrogens is 224 g/mol. The Morgan fingerprint density at radius 2 is 2.00 bits per heavy atom. The topological polar surface area (TPSA) is 41.1 Å². The molecule has 1 saturated carbocycles. The van der Waals surface area contributed by atoms with Crippen LogP contribution in [0, 0.1) is 5.92 Å². The summed E-state index contributed by atoms with van der Waals surface area (Å²) in [6, 6.07) is 8.11. The van der Waals surface area contributed by atoms with Gasteiger partial charge in [-0.15, -0.1) is 0 Å². The first kappa shape index (κ1) is 13.1. The molecule has 1 amide bonds. The molecule has 0 bridgehead atoms. The fourth-order valence-corrected chi connectivity index (χ4v) is 2.03. The lowest BCUT2D eigenvalue weighted by Gasteiger charge is -2.24. The molecule has 1 fully saturated rings. The molecule has 0 saturated heterocycles. The third kappa shape index (κ3) is 3.57. The lowest BCUT2D eigenvalue weighted by Crippen LogP contribution is -2.28. The first-order chi connectivity index (χ1) is 8.79. The third-order valence-corrected chi connectivity index (χ3v) is 3.45. The summed E-state index contributed by atoms with van der Waals surface area (Å²) in [6.07, 6.45) is 4.44. The molecule has 1 aromatic carbocycles. The number of benzene rings is 1. The van der Waals surface area contributed by atoms with Gasteiger partial charge in [0.1, 0.15) is 0 Å². The summed E-state index contributed by atoms with van der Waals surface area (Å²) in [6.45, 7) is 4.09. The number of rotatable bonds is 6. The maximum absolute atomic E-state index is 11.8. The van der Waals surface area contributed by atoms with E-state index < -0.39 is 0 Å². The van der Waals surface area contributed by atoms with E-state index in [1.54, 1.807) is 0 Å². The van der Waals surface area contributed by atoms with Gasteiger partial charge in [-0.2, -0.15) is 0 Å². The van der Waals surface area contributed by atoms with Gasteiger partial charge >= 0.3 is 0 Å². The fraction of sp³-hybridized carbons (Fsp3) is 0.533. The van der Waals surface area contributed by atoms with Gasteiger partial charge in [0.15, 0.2) is 0 Å². The van der Waals surface area contributed by atoms with Crippen LogP contribution >= 0.6 is 0 Å². The van der Waals surface area contributed by atoms with Crippen molar-refractivity contribution in [3.63, 3.8) is 0 Å². The van der Waals surface area contributed by atoms with Gasteiger partial charge in [0.05, 0.1) is 0 Å². The van der Waals surface area contributed by atoms with Gasteiger partial charge in [0.2, 0.25) is 5.91 Å². The fourth-order valence-electron chi connectivity index (χ4n) is 2.03. The lowest BCUT2D eigenvalue weighted by molar-refractivity contribution is -0.122. The molecule has 2 N–H and O–H groups in total. The molecule has 1 aliphatic rings. The quantitative estimate of drug-likeness (QED) is 0.758. The summed E-state index contributed by atoms with van der Waals surface area (Å²) in [5.41, 5.74) is 2.16. The van der Waals surface area contributed by atoms with Crippen LogP contribution in [0.4, 0.5) is 5.69 Å². The van der Waals surface area contributed by atoms with Crippen molar-refractivity contribution in [1.29, 1.82) is 0 Å². The normalized spacial score (nSPS) is 15.2. The second-order valence-corrected chi connectivity index (χ2v) is 4.99. The molecule has 3 nitrogen and oxygen atoms in total. The smallest absolute Gasteiger partial charge is 0.227 e. The molecule has 0 aromatic heterocycles. The summed E-state index contributed by atoms with van der Waals surface area (Å²) < 4.78 is 0. The van der Waals surface area contributed by atoms with Crippen molar-refractivity contribution >= 4 is 11.6 Å². The van der Waals surface area contributed by atoms with E-state index in [1.165, 1.54) is 12.0 Å². The van der Waals surface area contributed by atoms with Crippen molar-refractivity contribution in [2.24, 2.45) is 5.92 Å². The number of nitrogens with one attached hydrogen (secondary N) is 2. The van der Waals surface area contributed by atoms with Crippen LogP contribution in [0.25, 0.3) is 0 Å². The minimum Gasteiger partial charge on any atom is -0.326 e. The average molecular weight is 246 g/mol. The maximum atomic E-state index is 11.8. The van der Waals surface area contributed by atoms with Crippen molar-refractivity contribution in [3.05, 3.63) is 29.8 Å². The lowest BCUT2D eigenvalue weighted by atomic mass is 9.85. The highest BCUT2D eigenvalue weighted by atomic mass is 16.1. The molecule has 0 spiro atoms. The molecule has 2 rings (SSSR count). The molecule has 98 valence electrons. The van der Waals surface area contributed by atoms with Crippen LogP contribution in [-0.2, 0) is 11.3 Å². The molecule has 3 heteroatoms. The minimum atomic E-state index is 0.179. The predicted octanol–water partition coefficient (Wildman–Crippen LogP) is 2.92. The number of carbonyl (C=O) groups is 1. The van der Waals surface area contributed by atoms with Crippen molar-refractivity contribution < 1.29 is 4.79 Å². The number of hydrogen-bond donors (Lipinski definition) is 2. The summed E-state index contributed by atoms with van der Waals surface area (Å²) in [4.78, 5) is 11.8. The Morgan fingerprint density at radius 3 is 2.56 bits per heavy atom. The van der Waals surface area contributed by atoms with Crippen molar-refractivity contribution in [3.8, 4) is 0 Å². The third-order valence-electron chi connectivity index (χ3n) is 3.45. The van der Waals surface area contributed by atoms with Crippen molar-refractivity contribution in [2.45, 2.75) is 39.2 Å². The van der Waals surface area contributed by atoms with Gasteiger partial charge in [-0.25, -0.2) is 0 Å². The zero-order valence-corrected chi connectivity index (χ0v) is 11.0. The van der Waals surface area contributed by atoms with Crippen molar-refractivity contribution in [2.75, 3.05) is 11.9 Å². The van der Waals surface area contributed by atoms with Crippen LogP contribution in [0.15, 0.2) is 24.3 Å². The molecule has 1 aliphatic carbocycles. The van der Waals surface area contributed by atoms with Gasteiger partial charge in [-0.05, 0) is 43.5 Å². The number of amides is 1. The maximum Gasteiger partial charge on any atom is 0.227 e. The predicted molar refractivity (Wildman–Crippen MR) is 74.4 cm³/mol. The Balaban J connectivity index is 1.81. The molecule has 0 aliphatic heterocycles. The SMILES string of the molecule is CCCNCc1ccc(NC(=O)C2CCC2)cc1. The van der Waals surface area contributed by atoms with Crippen molar-refractivity contribution in [1.82, 2.24) is 5.32 Å². The highest BCUT2D eigenvalue weighted by Crippen LogP contribution is 2.27. The minimum absolute atomic E-state index is 0.179. The Morgan fingerprint density at radius 1 is 1.28 bits per heavy atom. The Kier molecular flexibility index (Phi) is 4.76. The average Bonchev–Trinajstić information content (AvgIpc) is 2.29. The van der Waals surface area contributed by atoms with Crippen LogP contribution < -0.4 is 10.6 Å². The van der Waals surface area contributed by atoms with Gasteiger partial charge < -0.3 is 10.6 Å². The molecule has 0 heterocycles. The number of carbonyl (C=O) groups excluding carboxylic acids is 1. The molecule has 0 atom stereocenters. The second kappa shape index (κ2) is 6.55. The monoisotopic (exact) mass is 246 g/mol. The second-order valence-electron chi connectivity index (χ2n) is 4.99. The van der Waals surface area contributed by atoms with Gasteiger partial charge in [-0.1, -0.05) is 25.5 Å². The Bertz CT molecular complexity index is 382. The van der Waals surface area contributed by atoms with E-state index in [9.17, 15) is 4.79 Å². The van der Waals surface area contributed by atoms with E-state index in [0.717, 1.165) is 38.0 Å². The van der Waals surface area contributed by atoms with E-state index in [1.807, 2.05) is 12.1 Å². The summed E-state index contributed by atoms with van der Waals surface area (Å²) in [5, 5.41) is 6.34. The molecule has 0 unspecified atom stereocenters.